The number of amides is 4. The Morgan fingerprint density at radius 2 is 1.89 bits per heavy atom. The molecular weight excluding hydrogens is 444 g/mol. The molecule has 35 heavy (non-hydrogen) atoms. The Hall–Kier alpha value is -2.58. The van der Waals surface area contributed by atoms with Crippen LogP contribution in [0.5, 0.6) is 0 Å². The van der Waals surface area contributed by atoms with Crippen LogP contribution in [-0.2, 0) is 22.7 Å². The van der Waals surface area contributed by atoms with Crippen LogP contribution in [0.2, 0.25) is 0 Å². The Morgan fingerprint density at radius 3 is 2.60 bits per heavy atom. The van der Waals surface area contributed by atoms with E-state index in [1.165, 1.54) is 0 Å². The van der Waals surface area contributed by atoms with Gasteiger partial charge in [-0.1, -0.05) is 0 Å². The molecule has 0 unspecified atom stereocenters. The van der Waals surface area contributed by atoms with E-state index in [1.807, 2.05) is 38.7 Å². The largest absolute Gasteiger partial charge is 0.339 e. The van der Waals surface area contributed by atoms with Gasteiger partial charge >= 0.3 is 6.03 Å². The number of likely N-dealkylation sites (tertiary alicyclic amines) is 2. The molecule has 9 heteroatoms. The van der Waals surface area contributed by atoms with Gasteiger partial charge in [-0.3, -0.25) is 14.3 Å². The van der Waals surface area contributed by atoms with E-state index < -0.39 is 0 Å². The van der Waals surface area contributed by atoms with Gasteiger partial charge in [0, 0.05) is 82.5 Å². The minimum absolute atomic E-state index is 0.0252. The summed E-state index contributed by atoms with van der Waals surface area (Å²) in [5, 5.41) is 4.33. The summed E-state index contributed by atoms with van der Waals surface area (Å²) >= 11 is 0. The molecule has 0 spiro atoms. The molecule has 4 amide bonds. The number of aryl methyl sites for hydroxylation is 1. The Morgan fingerprint density at radius 1 is 1.09 bits per heavy atom. The maximum atomic E-state index is 13.4. The first-order valence-electron chi connectivity index (χ1n) is 13.6. The third-order valence-electron chi connectivity index (χ3n) is 8.64. The van der Waals surface area contributed by atoms with Gasteiger partial charge in [-0.2, -0.15) is 5.10 Å². The van der Waals surface area contributed by atoms with Crippen LogP contribution in [-0.4, -0.2) is 92.5 Å². The van der Waals surface area contributed by atoms with Crippen molar-refractivity contribution in [2.45, 2.75) is 71.5 Å². The first-order chi connectivity index (χ1) is 17.0. The number of piperidine rings is 4. The smallest absolute Gasteiger partial charge is 0.320 e. The first-order valence-corrected chi connectivity index (χ1v) is 13.6. The van der Waals surface area contributed by atoms with E-state index in [0.717, 1.165) is 63.8 Å². The number of hydrogen-bond acceptors (Lipinski definition) is 4. The van der Waals surface area contributed by atoms with Gasteiger partial charge in [0.1, 0.15) is 0 Å². The van der Waals surface area contributed by atoms with Crippen molar-refractivity contribution >= 4 is 17.8 Å². The summed E-state index contributed by atoms with van der Waals surface area (Å²) in [4.78, 5) is 47.1. The van der Waals surface area contributed by atoms with Gasteiger partial charge in [-0.25, -0.2) is 4.79 Å². The van der Waals surface area contributed by atoms with Crippen molar-refractivity contribution in [3.8, 4) is 0 Å². The molecule has 0 aliphatic carbocycles. The second-order valence-corrected chi connectivity index (χ2v) is 10.9. The molecule has 4 saturated heterocycles. The number of nitrogens with zero attached hydrogens (tertiary/aromatic N) is 6. The van der Waals surface area contributed by atoms with Crippen LogP contribution in [0.1, 0.15) is 57.9 Å². The molecule has 4 aliphatic rings. The fourth-order valence-electron chi connectivity index (χ4n) is 6.77. The lowest BCUT2D eigenvalue weighted by atomic mass is 9.76. The molecule has 9 nitrogen and oxygen atoms in total. The van der Waals surface area contributed by atoms with E-state index in [1.54, 1.807) is 0 Å². The van der Waals surface area contributed by atoms with E-state index >= 15 is 0 Å². The van der Waals surface area contributed by atoms with E-state index in [-0.39, 0.29) is 17.9 Å². The molecule has 1 aromatic heterocycles. The third kappa shape index (κ3) is 4.91. The van der Waals surface area contributed by atoms with Crippen molar-refractivity contribution in [2.24, 2.45) is 17.8 Å². The summed E-state index contributed by atoms with van der Waals surface area (Å²) in [5.74, 6) is 1.28. The topological polar surface area (TPSA) is 82.0 Å². The van der Waals surface area contributed by atoms with Crippen LogP contribution in [0.4, 0.5) is 4.79 Å². The van der Waals surface area contributed by atoms with Crippen LogP contribution in [0.3, 0.4) is 0 Å². The van der Waals surface area contributed by atoms with E-state index in [0.29, 0.717) is 56.4 Å². The number of aromatic nitrogens is 2. The Labute approximate surface area is 208 Å². The Kier molecular flexibility index (Phi) is 7.02. The molecule has 0 saturated carbocycles. The van der Waals surface area contributed by atoms with Gasteiger partial charge in [0.05, 0.1) is 6.20 Å². The van der Waals surface area contributed by atoms with Crippen molar-refractivity contribution < 1.29 is 14.4 Å². The molecule has 1 aromatic rings. The third-order valence-corrected chi connectivity index (χ3v) is 8.64. The lowest BCUT2D eigenvalue weighted by molar-refractivity contribution is -0.144. The van der Waals surface area contributed by atoms with Crippen LogP contribution >= 0.6 is 0 Å². The monoisotopic (exact) mass is 484 g/mol. The summed E-state index contributed by atoms with van der Waals surface area (Å²) in [7, 11) is 0. The van der Waals surface area contributed by atoms with Crippen LogP contribution in [0.15, 0.2) is 12.4 Å². The maximum Gasteiger partial charge on any atom is 0.320 e. The number of fused-ring (bicyclic) bond motifs is 4. The highest BCUT2D eigenvalue weighted by Crippen LogP contribution is 2.38. The first kappa shape index (κ1) is 24.1. The molecule has 5 rings (SSSR count). The standard InChI is InChI=1S/C26H40N6O3/c1-3-28(15-20-13-27-31(4-2)16-20)25(34)21-8-10-29(11-9-21)26(35)30-14-19-12-22(18-30)23-6-5-7-24(33)32(23)17-19/h13,16,19,21-23H,3-12,14-15,17-18H2,1-2H3/t19-,22-,23-/m1/s1. The molecule has 0 N–H and O–H groups in total. The van der Waals surface area contributed by atoms with Crippen LogP contribution in [0.25, 0.3) is 0 Å². The zero-order chi connectivity index (χ0) is 24.5. The van der Waals surface area contributed by atoms with Crippen molar-refractivity contribution in [3.63, 3.8) is 0 Å². The Balaban J connectivity index is 1.14. The van der Waals surface area contributed by atoms with Gasteiger partial charge < -0.3 is 19.6 Å². The normalized spacial score (nSPS) is 27.1. The van der Waals surface area contributed by atoms with E-state index in [9.17, 15) is 14.4 Å². The lowest BCUT2D eigenvalue weighted by Crippen LogP contribution is -2.62. The number of rotatable bonds is 5. The molecule has 192 valence electrons. The molecule has 0 radical (unpaired) electrons. The molecule has 3 atom stereocenters. The van der Waals surface area contributed by atoms with Crippen molar-refractivity contribution in [1.29, 1.82) is 0 Å². The lowest BCUT2D eigenvalue weighted by Gasteiger charge is -2.53. The SMILES string of the molecule is CCN(Cc1cnn(CC)c1)C(=O)C1CCN(C(=O)N2C[C@H]3C[C@H](C2)[C@H]2CCCC(=O)N2C3)CC1. The van der Waals surface area contributed by atoms with Gasteiger partial charge in [0.15, 0.2) is 0 Å². The zero-order valence-electron chi connectivity index (χ0n) is 21.3. The summed E-state index contributed by atoms with van der Waals surface area (Å²) in [5.41, 5.74) is 1.06. The zero-order valence-corrected chi connectivity index (χ0v) is 21.3. The second-order valence-electron chi connectivity index (χ2n) is 10.9. The van der Waals surface area contributed by atoms with Gasteiger partial charge in [0.2, 0.25) is 11.8 Å². The molecule has 0 aromatic carbocycles. The van der Waals surface area contributed by atoms with Crippen LogP contribution < -0.4 is 0 Å². The Bertz CT molecular complexity index is 939. The fourth-order valence-corrected chi connectivity index (χ4v) is 6.77. The number of carbonyl (C=O) groups excluding carboxylic acids is 3. The average molecular weight is 485 g/mol. The molecule has 4 aliphatic heterocycles. The van der Waals surface area contributed by atoms with Crippen molar-refractivity contribution in [1.82, 2.24) is 29.4 Å². The molecule has 5 heterocycles. The molecule has 2 bridgehead atoms. The van der Waals surface area contributed by atoms with Gasteiger partial charge in [-0.05, 0) is 57.8 Å². The summed E-state index contributed by atoms with van der Waals surface area (Å²) in [6.45, 7) is 9.76. The highest BCUT2D eigenvalue weighted by atomic mass is 16.2. The average Bonchev–Trinajstić information content (AvgIpc) is 3.35. The van der Waals surface area contributed by atoms with Crippen molar-refractivity contribution in [3.05, 3.63) is 18.0 Å². The van der Waals surface area contributed by atoms with Crippen molar-refractivity contribution in [2.75, 3.05) is 39.3 Å². The number of urea groups is 1. The minimum atomic E-state index is -0.0252. The molecule has 4 fully saturated rings. The molecular formula is C26H40N6O3. The fraction of sp³-hybridized carbons (Fsp3) is 0.769. The quantitative estimate of drug-likeness (QED) is 0.643. The predicted octanol–water partition coefficient (Wildman–Crippen LogP) is 2.42. The summed E-state index contributed by atoms with van der Waals surface area (Å²) in [6, 6.07) is 0.441. The van der Waals surface area contributed by atoms with Gasteiger partial charge in [-0.15, -0.1) is 0 Å². The predicted molar refractivity (Wildman–Crippen MR) is 131 cm³/mol. The maximum absolute atomic E-state index is 13.4. The van der Waals surface area contributed by atoms with E-state index in [2.05, 4.69) is 16.9 Å². The highest BCUT2D eigenvalue weighted by Gasteiger charge is 2.45. The van der Waals surface area contributed by atoms with E-state index in [4.69, 9.17) is 0 Å². The minimum Gasteiger partial charge on any atom is -0.339 e. The van der Waals surface area contributed by atoms with Crippen LogP contribution in [0, 0.1) is 17.8 Å². The number of hydrogen-bond donors (Lipinski definition) is 0. The summed E-state index contributed by atoms with van der Waals surface area (Å²) < 4.78 is 1.89. The second kappa shape index (κ2) is 10.2. The highest BCUT2D eigenvalue weighted by molar-refractivity contribution is 5.80. The summed E-state index contributed by atoms with van der Waals surface area (Å²) in [6.07, 6.45) is 9.17. The number of carbonyl (C=O) groups is 3. The van der Waals surface area contributed by atoms with Gasteiger partial charge in [0.25, 0.3) is 0 Å².